The molecule has 1 spiro atoms. The van der Waals surface area contributed by atoms with Gasteiger partial charge in [0.2, 0.25) is 0 Å². The lowest BCUT2D eigenvalue weighted by Crippen LogP contribution is -2.37. The molecule has 0 radical (unpaired) electrons. The molecule has 0 aromatic carbocycles. The van der Waals surface area contributed by atoms with Gasteiger partial charge in [-0.05, 0) is 44.8 Å². The van der Waals surface area contributed by atoms with Crippen LogP contribution in [0, 0.1) is 5.41 Å². The third-order valence-corrected chi connectivity index (χ3v) is 3.48. The van der Waals surface area contributed by atoms with Crippen LogP contribution in [0.2, 0.25) is 0 Å². The van der Waals surface area contributed by atoms with Crippen molar-refractivity contribution in [3.8, 4) is 0 Å². The molecule has 2 nitrogen and oxygen atoms in total. The second-order valence-electron chi connectivity index (χ2n) is 4.55. The van der Waals surface area contributed by atoms with E-state index in [0.29, 0.717) is 5.78 Å². The molecular formula is C11H17NO. The zero-order chi connectivity index (χ0) is 9.47. The molecule has 1 aliphatic carbocycles. The Morgan fingerprint density at radius 1 is 1.46 bits per heavy atom. The summed E-state index contributed by atoms with van der Waals surface area (Å²) in [6, 6.07) is 0. The highest BCUT2D eigenvalue weighted by atomic mass is 16.1. The summed E-state index contributed by atoms with van der Waals surface area (Å²) < 4.78 is 0. The predicted molar refractivity (Wildman–Crippen MR) is 52.5 cm³/mol. The van der Waals surface area contributed by atoms with Crippen LogP contribution in [0.1, 0.15) is 25.7 Å². The topological polar surface area (TPSA) is 20.3 Å². The molecular weight excluding hydrogens is 162 g/mol. The summed E-state index contributed by atoms with van der Waals surface area (Å²) in [6.07, 6.45) is 4.19. The lowest BCUT2D eigenvalue weighted by molar-refractivity contribution is -0.126. The van der Waals surface area contributed by atoms with Crippen molar-refractivity contribution in [2.24, 2.45) is 5.41 Å². The van der Waals surface area contributed by atoms with Crippen LogP contribution in [-0.2, 0) is 4.79 Å². The number of carbonyl (C=O) groups is 1. The van der Waals surface area contributed by atoms with Gasteiger partial charge < -0.3 is 4.90 Å². The Hall–Kier alpha value is -0.630. The number of carbonyl (C=O) groups excluding carboxylic acids is 1. The van der Waals surface area contributed by atoms with Gasteiger partial charge in [0.25, 0.3) is 0 Å². The average molecular weight is 179 g/mol. The van der Waals surface area contributed by atoms with E-state index in [1.54, 1.807) is 0 Å². The molecule has 2 fully saturated rings. The molecule has 2 rings (SSSR count). The van der Waals surface area contributed by atoms with Gasteiger partial charge in [0.15, 0.2) is 5.78 Å². The first-order valence-corrected chi connectivity index (χ1v) is 5.05. The molecule has 1 saturated heterocycles. The maximum Gasteiger partial charge on any atom is 0.165 e. The Morgan fingerprint density at radius 3 is 2.85 bits per heavy atom. The number of hydrogen-bond donors (Lipinski definition) is 0. The fraction of sp³-hybridized carbons (Fsp3) is 0.727. The Labute approximate surface area is 79.6 Å². The van der Waals surface area contributed by atoms with E-state index in [0.717, 1.165) is 44.3 Å². The van der Waals surface area contributed by atoms with E-state index in [1.165, 1.54) is 0 Å². The van der Waals surface area contributed by atoms with Crippen LogP contribution in [-0.4, -0.2) is 30.8 Å². The molecule has 2 heteroatoms. The molecule has 72 valence electrons. The maximum absolute atomic E-state index is 12.0. The van der Waals surface area contributed by atoms with Crippen molar-refractivity contribution in [1.82, 2.24) is 4.90 Å². The van der Waals surface area contributed by atoms with E-state index in [9.17, 15) is 4.79 Å². The van der Waals surface area contributed by atoms with Crippen LogP contribution >= 0.6 is 0 Å². The molecule has 0 amide bonds. The molecule has 0 aromatic rings. The highest BCUT2D eigenvalue weighted by Crippen LogP contribution is 2.42. The van der Waals surface area contributed by atoms with Crippen LogP contribution in [0.3, 0.4) is 0 Å². The minimum Gasteiger partial charge on any atom is -0.305 e. The summed E-state index contributed by atoms with van der Waals surface area (Å²) in [6.45, 7) is 5.89. The molecule has 0 aromatic heterocycles. The number of allylic oxidation sites excluding steroid dienone is 1. The van der Waals surface area contributed by atoms with Gasteiger partial charge in [-0.2, -0.15) is 0 Å². The van der Waals surface area contributed by atoms with E-state index >= 15 is 0 Å². The van der Waals surface area contributed by atoms with Gasteiger partial charge in [-0.25, -0.2) is 0 Å². The molecule has 1 aliphatic heterocycles. The average Bonchev–Trinajstić information content (AvgIpc) is 2.45. The summed E-state index contributed by atoms with van der Waals surface area (Å²) in [4.78, 5) is 14.2. The summed E-state index contributed by atoms with van der Waals surface area (Å²) >= 11 is 0. The van der Waals surface area contributed by atoms with Crippen LogP contribution < -0.4 is 0 Å². The molecule has 2 aliphatic rings. The minimum atomic E-state index is -0.0376. The molecule has 1 saturated carbocycles. The van der Waals surface area contributed by atoms with Gasteiger partial charge in [-0.1, -0.05) is 6.58 Å². The third kappa shape index (κ3) is 1.33. The molecule has 0 N–H and O–H groups in total. The molecule has 1 heterocycles. The van der Waals surface area contributed by atoms with Crippen LogP contribution in [0.5, 0.6) is 0 Å². The van der Waals surface area contributed by atoms with E-state index in [2.05, 4.69) is 18.5 Å². The number of nitrogens with zero attached hydrogens (tertiary/aromatic N) is 1. The Bertz CT molecular complexity index is 255. The third-order valence-electron chi connectivity index (χ3n) is 3.48. The fourth-order valence-corrected chi connectivity index (χ4v) is 2.71. The Balaban J connectivity index is 2.21. The Kier molecular flexibility index (Phi) is 2.03. The van der Waals surface area contributed by atoms with Crippen molar-refractivity contribution in [3.63, 3.8) is 0 Å². The number of rotatable bonds is 0. The number of Topliss-reactive ketones (excluding diaryl/α,β-unsaturated/α-hetero) is 1. The van der Waals surface area contributed by atoms with Crippen molar-refractivity contribution in [1.29, 1.82) is 0 Å². The minimum absolute atomic E-state index is 0.0376. The lowest BCUT2D eigenvalue weighted by atomic mass is 9.71. The van der Waals surface area contributed by atoms with Gasteiger partial charge in [-0.3, -0.25) is 4.79 Å². The van der Waals surface area contributed by atoms with E-state index in [1.807, 2.05) is 0 Å². The normalized spacial score (nSPS) is 36.1. The number of hydrogen-bond acceptors (Lipinski definition) is 2. The summed E-state index contributed by atoms with van der Waals surface area (Å²) in [7, 11) is 2.10. The van der Waals surface area contributed by atoms with Gasteiger partial charge in [0.05, 0.1) is 0 Å². The summed E-state index contributed by atoms with van der Waals surface area (Å²) in [5.74, 6) is 0.350. The molecule has 1 atom stereocenters. The van der Waals surface area contributed by atoms with Crippen molar-refractivity contribution in [2.45, 2.75) is 25.7 Å². The van der Waals surface area contributed by atoms with E-state index in [-0.39, 0.29) is 5.41 Å². The second kappa shape index (κ2) is 2.95. The van der Waals surface area contributed by atoms with Crippen LogP contribution in [0.4, 0.5) is 0 Å². The number of ketones is 1. The molecule has 13 heavy (non-hydrogen) atoms. The highest BCUT2D eigenvalue weighted by Gasteiger charge is 2.45. The number of likely N-dealkylation sites (tertiary alicyclic amines) is 1. The van der Waals surface area contributed by atoms with Crippen LogP contribution in [0.25, 0.3) is 0 Å². The van der Waals surface area contributed by atoms with E-state index < -0.39 is 0 Å². The summed E-state index contributed by atoms with van der Waals surface area (Å²) in [5.41, 5.74) is 0.825. The van der Waals surface area contributed by atoms with E-state index in [4.69, 9.17) is 0 Å². The van der Waals surface area contributed by atoms with Crippen molar-refractivity contribution >= 4 is 5.78 Å². The summed E-state index contributed by atoms with van der Waals surface area (Å²) in [5, 5.41) is 0. The predicted octanol–water partition coefficient (Wildman–Crippen LogP) is 1.62. The monoisotopic (exact) mass is 179 g/mol. The lowest BCUT2D eigenvalue weighted by Gasteiger charge is -2.32. The zero-order valence-corrected chi connectivity index (χ0v) is 8.31. The smallest absolute Gasteiger partial charge is 0.165 e. The first-order valence-electron chi connectivity index (χ1n) is 5.05. The van der Waals surface area contributed by atoms with Crippen molar-refractivity contribution in [3.05, 3.63) is 12.2 Å². The first-order chi connectivity index (χ1) is 6.14. The maximum atomic E-state index is 12.0. The highest BCUT2D eigenvalue weighted by molar-refractivity contribution is 6.00. The SMILES string of the molecule is C=C1CCCC2(CCN(C)C2)C1=O. The van der Waals surface area contributed by atoms with Gasteiger partial charge in [-0.15, -0.1) is 0 Å². The fourth-order valence-electron chi connectivity index (χ4n) is 2.71. The van der Waals surface area contributed by atoms with Gasteiger partial charge in [0, 0.05) is 12.0 Å². The molecule has 1 unspecified atom stereocenters. The van der Waals surface area contributed by atoms with Crippen molar-refractivity contribution < 1.29 is 4.79 Å². The quantitative estimate of drug-likeness (QED) is 0.527. The Morgan fingerprint density at radius 2 is 2.23 bits per heavy atom. The first kappa shape index (κ1) is 8.95. The molecule has 0 bridgehead atoms. The van der Waals surface area contributed by atoms with Gasteiger partial charge >= 0.3 is 0 Å². The standard InChI is InChI=1S/C11H17NO/c1-9-4-3-5-11(10(9)13)6-7-12(2)8-11/h1,3-8H2,2H3. The van der Waals surface area contributed by atoms with Gasteiger partial charge in [0.1, 0.15) is 0 Å². The van der Waals surface area contributed by atoms with Crippen molar-refractivity contribution in [2.75, 3.05) is 20.1 Å². The zero-order valence-electron chi connectivity index (χ0n) is 8.31. The largest absolute Gasteiger partial charge is 0.305 e. The second-order valence-corrected chi connectivity index (χ2v) is 4.55. The van der Waals surface area contributed by atoms with Crippen LogP contribution in [0.15, 0.2) is 12.2 Å².